The van der Waals surface area contributed by atoms with Crippen LogP contribution in [-0.2, 0) is 0 Å². The molecule has 0 bridgehead atoms. The third-order valence-corrected chi connectivity index (χ3v) is 5.07. The summed E-state index contributed by atoms with van der Waals surface area (Å²) in [5.74, 6) is -0.427. The van der Waals surface area contributed by atoms with Gasteiger partial charge < -0.3 is 10.5 Å². The number of aromatic nitrogens is 2. The zero-order chi connectivity index (χ0) is 19.8. The summed E-state index contributed by atoms with van der Waals surface area (Å²) in [4.78, 5) is 19.5. The fourth-order valence-electron chi connectivity index (χ4n) is 3.45. The number of nitrogen functional groups attached to an aromatic ring is 1. The van der Waals surface area contributed by atoms with Crippen LogP contribution >= 0.6 is 11.6 Å². The SMILES string of the molecule is Nc1nc(-c2ccc(F)c(Cl)c2)c2cc([N+](=O)[O-])c(OC3CCCC3)cc2n1. The van der Waals surface area contributed by atoms with E-state index < -0.39 is 10.7 Å². The molecule has 0 atom stereocenters. The Morgan fingerprint density at radius 1 is 1.21 bits per heavy atom. The van der Waals surface area contributed by atoms with Gasteiger partial charge in [-0.15, -0.1) is 0 Å². The summed E-state index contributed by atoms with van der Waals surface area (Å²) >= 11 is 5.88. The summed E-state index contributed by atoms with van der Waals surface area (Å²) in [6.07, 6.45) is 3.75. The molecule has 4 rings (SSSR count). The number of hydrogen-bond donors (Lipinski definition) is 1. The third-order valence-electron chi connectivity index (χ3n) is 4.78. The fourth-order valence-corrected chi connectivity index (χ4v) is 3.63. The lowest BCUT2D eigenvalue weighted by Gasteiger charge is -2.14. The van der Waals surface area contributed by atoms with E-state index in [1.54, 1.807) is 0 Å². The van der Waals surface area contributed by atoms with E-state index in [0.717, 1.165) is 25.7 Å². The lowest BCUT2D eigenvalue weighted by atomic mass is 10.1. The first kappa shape index (κ1) is 18.4. The minimum atomic E-state index is -0.574. The van der Waals surface area contributed by atoms with Crippen molar-refractivity contribution in [3.05, 3.63) is 51.3 Å². The average molecular weight is 403 g/mol. The predicted molar refractivity (Wildman–Crippen MR) is 104 cm³/mol. The highest BCUT2D eigenvalue weighted by Crippen LogP contribution is 2.38. The van der Waals surface area contributed by atoms with E-state index in [0.29, 0.717) is 22.2 Å². The second kappa shape index (κ2) is 7.20. The van der Waals surface area contributed by atoms with Gasteiger partial charge in [0, 0.05) is 23.1 Å². The number of ether oxygens (including phenoxy) is 1. The van der Waals surface area contributed by atoms with Gasteiger partial charge in [0.2, 0.25) is 5.95 Å². The molecule has 28 heavy (non-hydrogen) atoms. The molecule has 1 aromatic heterocycles. The smallest absolute Gasteiger partial charge is 0.311 e. The van der Waals surface area contributed by atoms with E-state index in [4.69, 9.17) is 22.1 Å². The number of fused-ring (bicyclic) bond motifs is 1. The molecule has 2 aromatic carbocycles. The van der Waals surface area contributed by atoms with Crippen molar-refractivity contribution < 1.29 is 14.1 Å². The molecule has 1 aliphatic rings. The molecule has 144 valence electrons. The normalized spacial score (nSPS) is 14.5. The molecule has 9 heteroatoms. The number of benzene rings is 2. The van der Waals surface area contributed by atoms with E-state index in [1.165, 1.54) is 30.3 Å². The Bertz CT molecular complexity index is 1090. The molecule has 1 aliphatic carbocycles. The monoisotopic (exact) mass is 402 g/mol. The molecule has 0 radical (unpaired) electrons. The van der Waals surface area contributed by atoms with Gasteiger partial charge in [-0.2, -0.15) is 0 Å². The molecule has 0 unspecified atom stereocenters. The van der Waals surface area contributed by atoms with Gasteiger partial charge in [0.1, 0.15) is 5.82 Å². The standard InChI is InChI=1S/C19H16ClFN4O3/c20-13-7-10(5-6-14(13)21)18-12-8-16(25(26)27)17(28-11-3-1-2-4-11)9-15(12)23-19(22)24-18/h5-9,11H,1-4H2,(H2,22,23,24). The molecule has 0 amide bonds. The van der Waals surface area contributed by atoms with Crippen molar-refractivity contribution >= 4 is 34.1 Å². The lowest BCUT2D eigenvalue weighted by Crippen LogP contribution is -2.12. The molecule has 0 aliphatic heterocycles. The fraction of sp³-hybridized carbons (Fsp3) is 0.263. The van der Waals surface area contributed by atoms with E-state index in [9.17, 15) is 14.5 Å². The number of hydrogen-bond acceptors (Lipinski definition) is 6. The molecule has 0 spiro atoms. The molecule has 0 saturated heterocycles. The van der Waals surface area contributed by atoms with Gasteiger partial charge in [-0.3, -0.25) is 10.1 Å². The summed E-state index contributed by atoms with van der Waals surface area (Å²) in [7, 11) is 0. The van der Waals surface area contributed by atoms with Crippen LogP contribution in [0.2, 0.25) is 5.02 Å². The van der Waals surface area contributed by atoms with Crippen LogP contribution in [0.1, 0.15) is 25.7 Å². The van der Waals surface area contributed by atoms with Crippen molar-refractivity contribution in [2.75, 3.05) is 5.73 Å². The molecule has 1 heterocycles. The van der Waals surface area contributed by atoms with E-state index in [-0.39, 0.29) is 28.5 Å². The second-order valence-corrected chi connectivity index (χ2v) is 7.09. The summed E-state index contributed by atoms with van der Waals surface area (Å²) in [5, 5.41) is 12.0. The number of rotatable bonds is 4. The van der Waals surface area contributed by atoms with Crippen molar-refractivity contribution in [2.24, 2.45) is 0 Å². The second-order valence-electron chi connectivity index (χ2n) is 6.68. The van der Waals surface area contributed by atoms with Gasteiger partial charge >= 0.3 is 5.69 Å². The van der Waals surface area contributed by atoms with Crippen LogP contribution < -0.4 is 10.5 Å². The zero-order valence-electron chi connectivity index (χ0n) is 14.7. The number of nitro groups is 1. The third kappa shape index (κ3) is 3.43. The molecule has 1 fully saturated rings. The maximum Gasteiger partial charge on any atom is 0.311 e. The summed E-state index contributed by atoms with van der Waals surface area (Å²) in [5.41, 5.74) is 6.87. The molecule has 7 nitrogen and oxygen atoms in total. The Balaban J connectivity index is 1.90. The zero-order valence-corrected chi connectivity index (χ0v) is 15.4. The van der Waals surface area contributed by atoms with Crippen molar-refractivity contribution in [3.8, 4) is 17.0 Å². The first-order chi connectivity index (χ1) is 13.4. The minimum Gasteiger partial charge on any atom is -0.483 e. The molecular formula is C19H16ClFN4O3. The van der Waals surface area contributed by atoms with Gasteiger partial charge in [0.15, 0.2) is 5.75 Å². The van der Waals surface area contributed by atoms with Gasteiger partial charge in [-0.05, 0) is 43.9 Å². The van der Waals surface area contributed by atoms with Crippen molar-refractivity contribution in [1.82, 2.24) is 9.97 Å². The highest BCUT2D eigenvalue weighted by Gasteiger charge is 2.24. The Hall–Kier alpha value is -3.00. The Kier molecular flexibility index (Phi) is 4.72. The Morgan fingerprint density at radius 3 is 2.64 bits per heavy atom. The molecular weight excluding hydrogens is 387 g/mol. The minimum absolute atomic E-state index is 0.0105. The Morgan fingerprint density at radius 2 is 1.96 bits per heavy atom. The lowest BCUT2D eigenvalue weighted by molar-refractivity contribution is -0.385. The highest BCUT2D eigenvalue weighted by atomic mass is 35.5. The van der Waals surface area contributed by atoms with Crippen LogP contribution in [0, 0.1) is 15.9 Å². The largest absolute Gasteiger partial charge is 0.483 e. The maximum absolute atomic E-state index is 13.5. The average Bonchev–Trinajstić information content (AvgIpc) is 3.15. The van der Waals surface area contributed by atoms with E-state index >= 15 is 0 Å². The highest BCUT2D eigenvalue weighted by molar-refractivity contribution is 6.31. The Labute approximate surface area is 164 Å². The van der Waals surface area contributed by atoms with Gasteiger partial charge in [-0.25, -0.2) is 14.4 Å². The van der Waals surface area contributed by atoms with Crippen LogP contribution in [0.25, 0.3) is 22.2 Å². The maximum atomic E-state index is 13.5. The van der Waals surface area contributed by atoms with Gasteiger partial charge in [0.05, 0.1) is 27.3 Å². The van der Waals surface area contributed by atoms with Crippen LogP contribution in [0.4, 0.5) is 16.0 Å². The summed E-state index contributed by atoms with van der Waals surface area (Å²) < 4.78 is 19.4. The first-order valence-electron chi connectivity index (χ1n) is 8.80. The van der Waals surface area contributed by atoms with Crippen molar-refractivity contribution in [1.29, 1.82) is 0 Å². The predicted octanol–water partition coefficient (Wildman–Crippen LogP) is 4.90. The van der Waals surface area contributed by atoms with Crippen LogP contribution in [-0.4, -0.2) is 21.0 Å². The molecule has 3 aromatic rings. The summed E-state index contributed by atoms with van der Waals surface area (Å²) in [6, 6.07) is 6.96. The quantitative estimate of drug-likeness (QED) is 0.491. The summed E-state index contributed by atoms with van der Waals surface area (Å²) in [6.45, 7) is 0. The number of anilines is 1. The van der Waals surface area contributed by atoms with Crippen LogP contribution in [0.5, 0.6) is 5.75 Å². The number of nitro benzene ring substituents is 1. The topological polar surface area (TPSA) is 104 Å². The number of nitrogens with zero attached hydrogens (tertiary/aromatic N) is 3. The number of nitrogens with two attached hydrogens (primary N) is 1. The van der Waals surface area contributed by atoms with Crippen LogP contribution in [0.3, 0.4) is 0 Å². The van der Waals surface area contributed by atoms with Crippen molar-refractivity contribution in [3.63, 3.8) is 0 Å². The number of halogens is 2. The van der Waals surface area contributed by atoms with Gasteiger partial charge in [0.25, 0.3) is 0 Å². The van der Waals surface area contributed by atoms with E-state index in [1.807, 2.05) is 0 Å². The molecule has 2 N–H and O–H groups in total. The van der Waals surface area contributed by atoms with E-state index in [2.05, 4.69) is 9.97 Å². The van der Waals surface area contributed by atoms with Gasteiger partial charge in [-0.1, -0.05) is 11.6 Å². The molecule has 1 saturated carbocycles. The van der Waals surface area contributed by atoms with Crippen molar-refractivity contribution in [2.45, 2.75) is 31.8 Å². The first-order valence-corrected chi connectivity index (χ1v) is 9.18. The van der Waals surface area contributed by atoms with Crippen LogP contribution in [0.15, 0.2) is 30.3 Å².